The molecule has 0 spiro atoms. The van der Waals surface area contributed by atoms with Crippen molar-refractivity contribution in [2.45, 2.75) is 45.1 Å². The lowest BCUT2D eigenvalue weighted by molar-refractivity contribution is -0.140. The molecule has 1 aromatic heterocycles. The van der Waals surface area contributed by atoms with Crippen LogP contribution in [-0.4, -0.2) is 45.7 Å². The highest BCUT2D eigenvalue weighted by atomic mass is 16.5. The highest BCUT2D eigenvalue weighted by Gasteiger charge is 2.29. The van der Waals surface area contributed by atoms with Crippen molar-refractivity contribution >= 4 is 5.91 Å². The van der Waals surface area contributed by atoms with Gasteiger partial charge in [0.2, 0.25) is 5.91 Å². The van der Waals surface area contributed by atoms with Crippen molar-refractivity contribution < 1.29 is 9.53 Å². The molecule has 22 heavy (non-hydrogen) atoms. The van der Waals surface area contributed by atoms with E-state index < -0.39 is 0 Å². The van der Waals surface area contributed by atoms with Crippen LogP contribution in [0.3, 0.4) is 0 Å². The molecule has 2 heterocycles. The summed E-state index contributed by atoms with van der Waals surface area (Å²) in [5, 5.41) is 7.17. The quantitative estimate of drug-likeness (QED) is 0.866. The Kier molecular flexibility index (Phi) is 4.57. The molecular weight excluding hydrogens is 280 g/mol. The maximum atomic E-state index is 12.4. The molecule has 120 valence electrons. The largest absolute Gasteiger partial charge is 0.367 e. The van der Waals surface area contributed by atoms with E-state index in [4.69, 9.17) is 4.74 Å². The number of carbonyl (C=O) groups is 1. The molecule has 2 atom stereocenters. The average Bonchev–Trinajstić information content (AvgIpc) is 3.18. The van der Waals surface area contributed by atoms with Gasteiger partial charge in [0.25, 0.3) is 0 Å². The molecule has 1 N–H and O–H groups in total. The molecule has 1 aliphatic carbocycles. The summed E-state index contributed by atoms with van der Waals surface area (Å²) in [6, 6.07) is 0. The van der Waals surface area contributed by atoms with Gasteiger partial charge in [0.05, 0.1) is 13.2 Å². The van der Waals surface area contributed by atoms with E-state index in [1.807, 2.05) is 4.90 Å². The second-order valence-corrected chi connectivity index (χ2v) is 6.40. The van der Waals surface area contributed by atoms with Gasteiger partial charge in [-0.25, -0.2) is 4.98 Å². The first kappa shape index (κ1) is 15.2. The molecule has 0 bridgehead atoms. The number of morpholine rings is 1. The number of amides is 1. The molecule has 6 heteroatoms. The lowest BCUT2D eigenvalue weighted by Gasteiger charge is -2.32. The summed E-state index contributed by atoms with van der Waals surface area (Å²) in [6.07, 6.45) is 6.94. The minimum absolute atomic E-state index is 0.197. The summed E-state index contributed by atoms with van der Waals surface area (Å²) in [4.78, 5) is 18.8. The van der Waals surface area contributed by atoms with Crippen LogP contribution in [-0.2, 0) is 9.53 Å². The van der Waals surface area contributed by atoms with Gasteiger partial charge in [0, 0.05) is 18.9 Å². The van der Waals surface area contributed by atoms with E-state index in [0.717, 1.165) is 24.5 Å². The van der Waals surface area contributed by atoms with Gasteiger partial charge in [-0.05, 0) is 18.8 Å². The molecule has 0 aromatic carbocycles. The summed E-state index contributed by atoms with van der Waals surface area (Å²) in [7, 11) is 0. The zero-order valence-electron chi connectivity index (χ0n) is 13.3. The van der Waals surface area contributed by atoms with E-state index >= 15 is 0 Å². The third-order valence-corrected chi connectivity index (χ3v) is 4.31. The predicted molar refractivity (Wildman–Crippen MR) is 82.2 cm³/mol. The molecule has 0 radical (unpaired) electrons. The van der Waals surface area contributed by atoms with Crippen LogP contribution >= 0.6 is 0 Å². The summed E-state index contributed by atoms with van der Waals surface area (Å²) < 4.78 is 5.77. The molecule has 0 saturated carbocycles. The lowest BCUT2D eigenvalue weighted by Crippen LogP contribution is -2.43. The summed E-state index contributed by atoms with van der Waals surface area (Å²) in [5.74, 6) is 2.42. The number of nitrogens with one attached hydrogen (secondary N) is 1. The Morgan fingerprint density at radius 2 is 2.41 bits per heavy atom. The first-order valence-electron chi connectivity index (χ1n) is 8.11. The number of hydrogen-bond donors (Lipinski definition) is 1. The standard InChI is InChI=1S/C16H24N4O2/c1-11(2)15-17-16(19-18-15)13-10-20(7-8-22-13)14(21)9-12-5-3-4-6-12/h3,5,11-13H,4,6-10H2,1-2H3,(H,17,18,19)/t12-,13-/m1/s1. The molecule has 1 aliphatic heterocycles. The van der Waals surface area contributed by atoms with Gasteiger partial charge < -0.3 is 9.64 Å². The molecule has 1 amide bonds. The second kappa shape index (κ2) is 6.60. The van der Waals surface area contributed by atoms with Crippen LogP contribution in [0.5, 0.6) is 0 Å². The summed E-state index contributed by atoms with van der Waals surface area (Å²) in [5.41, 5.74) is 0. The van der Waals surface area contributed by atoms with E-state index in [2.05, 4.69) is 41.2 Å². The molecule has 1 fully saturated rings. The summed E-state index contributed by atoms with van der Waals surface area (Å²) >= 11 is 0. The normalized spacial score (nSPS) is 25.1. The average molecular weight is 304 g/mol. The van der Waals surface area contributed by atoms with Gasteiger partial charge >= 0.3 is 0 Å². The van der Waals surface area contributed by atoms with Crippen molar-refractivity contribution in [1.29, 1.82) is 0 Å². The van der Waals surface area contributed by atoms with Crippen molar-refractivity contribution in [3.8, 4) is 0 Å². The molecule has 1 saturated heterocycles. The van der Waals surface area contributed by atoms with Crippen LogP contribution in [0.4, 0.5) is 0 Å². The first-order chi connectivity index (χ1) is 10.6. The van der Waals surface area contributed by atoms with Crippen LogP contribution in [0.25, 0.3) is 0 Å². The van der Waals surface area contributed by atoms with E-state index in [1.54, 1.807) is 0 Å². The van der Waals surface area contributed by atoms with Crippen LogP contribution in [0.2, 0.25) is 0 Å². The van der Waals surface area contributed by atoms with Crippen molar-refractivity contribution in [2.75, 3.05) is 19.7 Å². The molecule has 3 rings (SSSR count). The minimum Gasteiger partial charge on any atom is -0.367 e. The Bertz CT molecular complexity index is 552. The number of carbonyl (C=O) groups excluding carboxylic acids is 1. The monoisotopic (exact) mass is 304 g/mol. The Labute approximate surface area is 130 Å². The number of hydrogen-bond acceptors (Lipinski definition) is 4. The number of H-pyrrole nitrogens is 1. The Balaban J connectivity index is 1.60. The van der Waals surface area contributed by atoms with Crippen molar-refractivity contribution in [2.24, 2.45) is 5.92 Å². The lowest BCUT2D eigenvalue weighted by atomic mass is 10.0. The number of allylic oxidation sites excluding steroid dienone is 2. The smallest absolute Gasteiger partial charge is 0.223 e. The van der Waals surface area contributed by atoms with Crippen LogP contribution in [0.15, 0.2) is 12.2 Å². The van der Waals surface area contributed by atoms with Crippen molar-refractivity contribution in [1.82, 2.24) is 20.1 Å². The molecule has 0 unspecified atom stereocenters. The number of ether oxygens (including phenoxy) is 1. The number of aromatic amines is 1. The minimum atomic E-state index is -0.197. The third kappa shape index (κ3) is 3.38. The zero-order chi connectivity index (χ0) is 15.5. The fraction of sp³-hybridized carbons (Fsp3) is 0.688. The topological polar surface area (TPSA) is 71.1 Å². The predicted octanol–water partition coefficient (Wildman–Crippen LogP) is 2.18. The van der Waals surface area contributed by atoms with Crippen molar-refractivity contribution in [3.05, 3.63) is 23.8 Å². The van der Waals surface area contributed by atoms with Gasteiger partial charge in [-0.2, -0.15) is 5.10 Å². The number of rotatable bonds is 4. The van der Waals surface area contributed by atoms with E-state index in [1.165, 1.54) is 0 Å². The van der Waals surface area contributed by atoms with E-state index in [0.29, 0.717) is 32.0 Å². The van der Waals surface area contributed by atoms with Gasteiger partial charge in [0.15, 0.2) is 11.6 Å². The Morgan fingerprint density at radius 1 is 1.55 bits per heavy atom. The van der Waals surface area contributed by atoms with Crippen LogP contribution in [0.1, 0.15) is 56.8 Å². The van der Waals surface area contributed by atoms with Crippen LogP contribution in [0, 0.1) is 5.92 Å². The maximum Gasteiger partial charge on any atom is 0.223 e. The Hall–Kier alpha value is -1.69. The van der Waals surface area contributed by atoms with Crippen LogP contribution < -0.4 is 0 Å². The molecule has 1 aromatic rings. The maximum absolute atomic E-state index is 12.4. The SMILES string of the molecule is CC(C)c1n[nH]c([C@H]2CN(C(=O)C[C@@H]3C=CCC3)CCO2)n1. The zero-order valence-corrected chi connectivity index (χ0v) is 13.3. The van der Waals surface area contributed by atoms with E-state index in [9.17, 15) is 4.79 Å². The fourth-order valence-electron chi connectivity index (χ4n) is 2.95. The fourth-order valence-corrected chi connectivity index (χ4v) is 2.95. The number of aromatic nitrogens is 3. The van der Waals surface area contributed by atoms with E-state index in [-0.39, 0.29) is 17.9 Å². The van der Waals surface area contributed by atoms with Gasteiger partial charge in [-0.3, -0.25) is 9.89 Å². The summed E-state index contributed by atoms with van der Waals surface area (Å²) in [6.45, 7) is 5.88. The van der Waals surface area contributed by atoms with Gasteiger partial charge in [0.1, 0.15) is 6.10 Å². The third-order valence-electron chi connectivity index (χ3n) is 4.31. The highest BCUT2D eigenvalue weighted by Crippen LogP contribution is 2.24. The highest BCUT2D eigenvalue weighted by molar-refractivity contribution is 5.76. The van der Waals surface area contributed by atoms with Gasteiger partial charge in [-0.1, -0.05) is 26.0 Å². The Morgan fingerprint density at radius 3 is 3.09 bits per heavy atom. The molecular formula is C16H24N4O2. The first-order valence-corrected chi connectivity index (χ1v) is 8.11. The second-order valence-electron chi connectivity index (χ2n) is 6.40. The molecule has 6 nitrogen and oxygen atoms in total. The van der Waals surface area contributed by atoms with Gasteiger partial charge in [-0.15, -0.1) is 0 Å². The van der Waals surface area contributed by atoms with Crippen molar-refractivity contribution in [3.63, 3.8) is 0 Å². The molecule has 2 aliphatic rings. The number of nitrogens with zero attached hydrogens (tertiary/aromatic N) is 3.